The number of aryl methyl sites for hydroxylation is 1. The number of aromatic nitrogens is 2. The Hall–Kier alpha value is -2.18. The molecule has 0 aliphatic heterocycles. The molecule has 0 radical (unpaired) electrons. The molecule has 7 heteroatoms. The second kappa shape index (κ2) is 5.85. The maximum Gasteiger partial charge on any atom is 0.315 e. The number of hydrogen-bond acceptors (Lipinski definition) is 4. The van der Waals surface area contributed by atoms with Crippen molar-refractivity contribution in [1.82, 2.24) is 20.6 Å². The number of amides is 2. The Bertz CT molecular complexity index is 514. The van der Waals surface area contributed by atoms with Crippen molar-refractivity contribution in [3.05, 3.63) is 23.8 Å². The third-order valence-corrected chi connectivity index (χ3v) is 3.44. The van der Waals surface area contributed by atoms with Crippen LogP contribution in [-0.2, 0) is 11.3 Å². The predicted octanol–water partition coefficient (Wildman–Crippen LogP) is 0.982. The van der Waals surface area contributed by atoms with Gasteiger partial charge < -0.3 is 15.7 Å². The first-order valence-electron chi connectivity index (χ1n) is 6.55. The number of carboxylic acid groups (broad SMARTS) is 1. The summed E-state index contributed by atoms with van der Waals surface area (Å²) in [6.45, 7) is 2.07. The molecule has 0 saturated heterocycles. The van der Waals surface area contributed by atoms with Crippen LogP contribution in [0.1, 0.15) is 37.2 Å². The number of hydrogen-bond donors (Lipinski definition) is 3. The lowest BCUT2D eigenvalue weighted by Gasteiger charge is -2.41. The lowest BCUT2D eigenvalue weighted by molar-refractivity contribution is -0.139. The number of carboxylic acids is 1. The lowest BCUT2D eigenvalue weighted by Crippen LogP contribution is -2.57. The van der Waals surface area contributed by atoms with Gasteiger partial charge in [-0.2, -0.15) is 0 Å². The fraction of sp³-hybridized carbons (Fsp3) is 0.538. The number of aliphatic carboxylic acids is 1. The van der Waals surface area contributed by atoms with Gasteiger partial charge in [0, 0.05) is 6.20 Å². The zero-order valence-corrected chi connectivity index (χ0v) is 11.3. The Balaban J connectivity index is 1.84. The fourth-order valence-corrected chi connectivity index (χ4v) is 2.30. The first-order chi connectivity index (χ1) is 9.49. The molecule has 1 saturated carbocycles. The Morgan fingerprint density at radius 2 is 2.20 bits per heavy atom. The maximum atomic E-state index is 11.8. The Labute approximate surface area is 116 Å². The molecule has 0 atom stereocenters. The third-order valence-electron chi connectivity index (χ3n) is 3.44. The van der Waals surface area contributed by atoms with Gasteiger partial charge in [0.15, 0.2) is 0 Å². The molecule has 7 nitrogen and oxygen atoms in total. The number of nitrogens with one attached hydrogen (secondary N) is 2. The molecule has 1 fully saturated rings. The highest BCUT2D eigenvalue weighted by Crippen LogP contribution is 2.34. The van der Waals surface area contributed by atoms with Gasteiger partial charge in [-0.05, 0) is 32.3 Å². The molecule has 1 heterocycles. The van der Waals surface area contributed by atoms with Crippen LogP contribution in [0.5, 0.6) is 0 Å². The molecular weight excluding hydrogens is 260 g/mol. The molecule has 0 aromatic carbocycles. The van der Waals surface area contributed by atoms with Crippen LogP contribution in [0.2, 0.25) is 0 Å². The van der Waals surface area contributed by atoms with Crippen molar-refractivity contribution in [2.75, 3.05) is 0 Å². The normalized spacial score (nSPS) is 16.1. The SMILES string of the molecule is Cc1nccc(CNC(=O)NC2(CC(=O)O)CCC2)n1. The maximum absolute atomic E-state index is 11.8. The van der Waals surface area contributed by atoms with Crippen LogP contribution >= 0.6 is 0 Å². The molecule has 0 unspecified atom stereocenters. The minimum absolute atomic E-state index is 0.0347. The van der Waals surface area contributed by atoms with Crippen LogP contribution in [0, 0.1) is 6.92 Å². The van der Waals surface area contributed by atoms with Crippen LogP contribution in [-0.4, -0.2) is 32.6 Å². The van der Waals surface area contributed by atoms with Crippen LogP contribution in [0.15, 0.2) is 12.3 Å². The summed E-state index contributed by atoms with van der Waals surface area (Å²) in [4.78, 5) is 30.8. The van der Waals surface area contributed by atoms with Gasteiger partial charge in [-0.3, -0.25) is 4.79 Å². The Morgan fingerprint density at radius 1 is 1.45 bits per heavy atom. The van der Waals surface area contributed by atoms with Crippen molar-refractivity contribution in [1.29, 1.82) is 0 Å². The molecular formula is C13H18N4O3. The number of nitrogens with zero attached hydrogens (tertiary/aromatic N) is 2. The quantitative estimate of drug-likeness (QED) is 0.744. The van der Waals surface area contributed by atoms with Gasteiger partial charge >= 0.3 is 12.0 Å². The van der Waals surface area contributed by atoms with Gasteiger partial charge in [-0.25, -0.2) is 14.8 Å². The Morgan fingerprint density at radius 3 is 2.75 bits per heavy atom. The van der Waals surface area contributed by atoms with Gasteiger partial charge in [0.25, 0.3) is 0 Å². The van der Waals surface area contributed by atoms with E-state index >= 15 is 0 Å². The average molecular weight is 278 g/mol. The van der Waals surface area contributed by atoms with E-state index in [1.54, 1.807) is 19.2 Å². The van der Waals surface area contributed by atoms with Crippen molar-refractivity contribution < 1.29 is 14.7 Å². The monoisotopic (exact) mass is 278 g/mol. The second-order valence-corrected chi connectivity index (χ2v) is 5.11. The first-order valence-corrected chi connectivity index (χ1v) is 6.55. The third kappa shape index (κ3) is 3.66. The summed E-state index contributed by atoms with van der Waals surface area (Å²) in [5.74, 6) is -0.248. The van der Waals surface area contributed by atoms with E-state index in [0.717, 1.165) is 6.42 Å². The smallest absolute Gasteiger partial charge is 0.315 e. The van der Waals surface area contributed by atoms with Crippen LogP contribution in [0.3, 0.4) is 0 Å². The van der Waals surface area contributed by atoms with E-state index in [1.807, 2.05) is 0 Å². The van der Waals surface area contributed by atoms with Crippen molar-refractivity contribution in [2.45, 2.75) is 44.7 Å². The van der Waals surface area contributed by atoms with E-state index in [9.17, 15) is 9.59 Å². The minimum Gasteiger partial charge on any atom is -0.481 e. The molecule has 0 bridgehead atoms. The summed E-state index contributed by atoms with van der Waals surface area (Å²) in [5.41, 5.74) is 0.130. The number of rotatable bonds is 5. The molecule has 20 heavy (non-hydrogen) atoms. The minimum atomic E-state index is -0.892. The number of carbonyl (C=O) groups is 2. The topological polar surface area (TPSA) is 104 Å². The summed E-state index contributed by atoms with van der Waals surface area (Å²) >= 11 is 0. The zero-order chi connectivity index (χ0) is 14.6. The summed E-state index contributed by atoms with van der Waals surface area (Å²) < 4.78 is 0. The average Bonchev–Trinajstić information content (AvgIpc) is 2.33. The van der Waals surface area contributed by atoms with Crippen molar-refractivity contribution in [3.63, 3.8) is 0 Å². The zero-order valence-electron chi connectivity index (χ0n) is 11.3. The molecule has 0 spiro atoms. The van der Waals surface area contributed by atoms with Gasteiger partial charge in [-0.1, -0.05) is 0 Å². The van der Waals surface area contributed by atoms with Crippen molar-refractivity contribution in [3.8, 4) is 0 Å². The van der Waals surface area contributed by atoms with Gasteiger partial charge in [-0.15, -0.1) is 0 Å². The van der Waals surface area contributed by atoms with E-state index in [4.69, 9.17) is 5.11 Å². The molecule has 1 aliphatic carbocycles. The fourth-order valence-electron chi connectivity index (χ4n) is 2.30. The summed E-state index contributed by atoms with van der Waals surface area (Å²) in [5, 5.41) is 14.3. The highest BCUT2D eigenvalue weighted by atomic mass is 16.4. The molecule has 3 N–H and O–H groups in total. The van der Waals surface area contributed by atoms with Crippen molar-refractivity contribution >= 4 is 12.0 Å². The first kappa shape index (κ1) is 14.2. The molecule has 2 rings (SSSR count). The van der Waals surface area contributed by atoms with Gasteiger partial charge in [0.2, 0.25) is 0 Å². The summed E-state index contributed by atoms with van der Waals surface area (Å²) in [6, 6.07) is 1.37. The van der Waals surface area contributed by atoms with E-state index in [-0.39, 0.29) is 12.5 Å². The highest BCUT2D eigenvalue weighted by molar-refractivity contribution is 5.77. The summed E-state index contributed by atoms with van der Waals surface area (Å²) in [7, 11) is 0. The van der Waals surface area contributed by atoms with E-state index < -0.39 is 11.5 Å². The van der Waals surface area contributed by atoms with Gasteiger partial charge in [0.1, 0.15) is 5.82 Å². The molecule has 1 aromatic heterocycles. The van der Waals surface area contributed by atoms with E-state index in [1.165, 1.54) is 0 Å². The number of carbonyl (C=O) groups excluding carboxylic acids is 1. The van der Waals surface area contributed by atoms with Gasteiger partial charge in [0.05, 0.1) is 24.2 Å². The van der Waals surface area contributed by atoms with Crippen LogP contribution < -0.4 is 10.6 Å². The predicted molar refractivity (Wildman–Crippen MR) is 71.0 cm³/mol. The second-order valence-electron chi connectivity index (χ2n) is 5.11. The molecule has 1 aliphatic rings. The Kier molecular flexibility index (Phi) is 4.16. The lowest BCUT2D eigenvalue weighted by atomic mass is 9.74. The summed E-state index contributed by atoms with van der Waals surface area (Å²) in [6.07, 6.45) is 3.96. The van der Waals surface area contributed by atoms with Crippen LogP contribution in [0.4, 0.5) is 4.79 Å². The molecule has 1 aromatic rings. The standard InChI is InChI=1S/C13H18N4O3/c1-9-14-6-3-10(16-9)8-15-12(20)17-13(4-2-5-13)7-11(18)19/h3,6H,2,4-5,7-8H2,1H3,(H,18,19)(H2,15,17,20). The number of urea groups is 1. The van der Waals surface area contributed by atoms with Crippen LogP contribution in [0.25, 0.3) is 0 Å². The largest absolute Gasteiger partial charge is 0.481 e. The van der Waals surface area contributed by atoms with Crippen molar-refractivity contribution in [2.24, 2.45) is 0 Å². The molecule has 108 valence electrons. The van der Waals surface area contributed by atoms with E-state index in [2.05, 4.69) is 20.6 Å². The van der Waals surface area contributed by atoms with E-state index in [0.29, 0.717) is 30.9 Å². The molecule has 2 amide bonds. The highest BCUT2D eigenvalue weighted by Gasteiger charge is 2.40.